The highest BCUT2D eigenvalue weighted by molar-refractivity contribution is 7.89. The largest absolute Gasteiger partial charge is 0.385 e. The normalized spacial score (nSPS) is 13.0. The Bertz CT molecular complexity index is 649. The van der Waals surface area contributed by atoms with Gasteiger partial charge in [0.1, 0.15) is 0 Å². The fourth-order valence-corrected chi connectivity index (χ4v) is 3.95. The van der Waals surface area contributed by atoms with Crippen LogP contribution in [0.3, 0.4) is 0 Å². The summed E-state index contributed by atoms with van der Waals surface area (Å²) >= 11 is 1.54. The van der Waals surface area contributed by atoms with Crippen molar-refractivity contribution in [3.05, 3.63) is 46.7 Å². The molecule has 0 amide bonds. The molecular formula is C15H20N2O2S2. The molecule has 0 bridgehead atoms. The molecular weight excluding hydrogens is 304 g/mol. The number of nitrogens with one attached hydrogen (secondary N) is 2. The molecule has 114 valence electrons. The van der Waals surface area contributed by atoms with Crippen LogP contribution in [0, 0.1) is 0 Å². The average Bonchev–Trinajstić information content (AvgIpc) is 2.99. The third kappa shape index (κ3) is 4.30. The number of rotatable bonds is 7. The lowest BCUT2D eigenvalue weighted by atomic mass is 10.3. The Morgan fingerprint density at radius 1 is 1.19 bits per heavy atom. The minimum absolute atomic E-state index is 0.229. The second-order valence-electron chi connectivity index (χ2n) is 4.81. The third-order valence-electron chi connectivity index (χ3n) is 3.05. The molecule has 2 N–H and O–H groups in total. The Hall–Kier alpha value is -1.37. The fourth-order valence-electron chi connectivity index (χ4n) is 1.92. The van der Waals surface area contributed by atoms with E-state index in [2.05, 4.69) is 17.0 Å². The maximum Gasteiger partial charge on any atom is 0.241 e. The van der Waals surface area contributed by atoms with Gasteiger partial charge < -0.3 is 5.32 Å². The first-order valence-corrected chi connectivity index (χ1v) is 9.29. The zero-order valence-corrected chi connectivity index (χ0v) is 13.8. The van der Waals surface area contributed by atoms with E-state index in [1.807, 2.05) is 24.4 Å². The Balaban J connectivity index is 2.08. The maximum absolute atomic E-state index is 12.3. The van der Waals surface area contributed by atoms with Crippen LogP contribution >= 0.6 is 11.3 Å². The summed E-state index contributed by atoms with van der Waals surface area (Å²) in [6, 6.07) is 10.4. The van der Waals surface area contributed by atoms with E-state index >= 15 is 0 Å². The van der Waals surface area contributed by atoms with Crippen molar-refractivity contribution in [2.24, 2.45) is 0 Å². The van der Waals surface area contributed by atoms with Crippen molar-refractivity contribution in [3.63, 3.8) is 0 Å². The monoisotopic (exact) mass is 324 g/mol. The minimum Gasteiger partial charge on any atom is -0.385 e. The number of hydrogen-bond acceptors (Lipinski definition) is 4. The standard InChI is InChI=1S/C15H20N2O2S2/c1-3-10-16-13-6-8-14(9-7-13)21(18,19)17-12(2)15-5-4-11-20-15/h4-9,11-12,16-17H,3,10H2,1-2H3. The molecule has 2 aromatic rings. The van der Waals surface area contributed by atoms with Crippen LogP contribution in [0.4, 0.5) is 5.69 Å². The van der Waals surface area contributed by atoms with Gasteiger partial charge in [0.05, 0.1) is 10.9 Å². The summed E-state index contributed by atoms with van der Waals surface area (Å²) in [7, 11) is -3.49. The van der Waals surface area contributed by atoms with E-state index in [0.29, 0.717) is 0 Å². The molecule has 0 aliphatic heterocycles. The molecule has 1 aromatic heterocycles. The highest BCUT2D eigenvalue weighted by Crippen LogP contribution is 2.21. The van der Waals surface area contributed by atoms with Crippen molar-refractivity contribution < 1.29 is 8.42 Å². The van der Waals surface area contributed by atoms with Gasteiger partial charge in [0, 0.05) is 17.1 Å². The molecule has 1 atom stereocenters. The number of sulfonamides is 1. The number of hydrogen-bond donors (Lipinski definition) is 2. The summed E-state index contributed by atoms with van der Waals surface area (Å²) in [6.45, 7) is 4.81. The molecule has 0 radical (unpaired) electrons. The first kappa shape index (κ1) is 16.0. The maximum atomic E-state index is 12.3. The van der Waals surface area contributed by atoms with E-state index in [1.165, 1.54) is 0 Å². The molecule has 0 saturated carbocycles. The van der Waals surface area contributed by atoms with Crippen molar-refractivity contribution in [2.75, 3.05) is 11.9 Å². The molecule has 0 fully saturated rings. The van der Waals surface area contributed by atoms with Crippen LogP contribution in [0.1, 0.15) is 31.2 Å². The minimum atomic E-state index is -3.49. The van der Waals surface area contributed by atoms with Crippen molar-refractivity contribution in [2.45, 2.75) is 31.2 Å². The second-order valence-corrected chi connectivity index (χ2v) is 7.50. The zero-order valence-electron chi connectivity index (χ0n) is 12.2. The van der Waals surface area contributed by atoms with Gasteiger partial charge in [-0.2, -0.15) is 0 Å². The molecule has 0 aliphatic carbocycles. The molecule has 1 unspecified atom stereocenters. The summed E-state index contributed by atoms with van der Waals surface area (Å²) in [5.41, 5.74) is 0.933. The van der Waals surface area contributed by atoms with E-state index in [4.69, 9.17) is 0 Å². The zero-order chi connectivity index (χ0) is 15.3. The predicted molar refractivity (Wildman–Crippen MR) is 88.3 cm³/mol. The lowest BCUT2D eigenvalue weighted by molar-refractivity contribution is 0.568. The van der Waals surface area contributed by atoms with Crippen LogP contribution in [-0.4, -0.2) is 15.0 Å². The Morgan fingerprint density at radius 3 is 2.48 bits per heavy atom. The molecule has 1 aromatic carbocycles. The van der Waals surface area contributed by atoms with Crippen LogP contribution in [0.15, 0.2) is 46.7 Å². The van der Waals surface area contributed by atoms with Gasteiger partial charge in [-0.25, -0.2) is 13.1 Å². The highest BCUT2D eigenvalue weighted by atomic mass is 32.2. The predicted octanol–water partition coefficient (Wildman–Crippen LogP) is 3.61. The first-order chi connectivity index (χ1) is 10.0. The van der Waals surface area contributed by atoms with Crippen molar-refractivity contribution >= 4 is 27.0 Å². The highest BCUT2D eigenvalue weighted by Gasteiger charge is 2.18. The Morgan fingerprint density at radius 2 is 1.90 bits per heavy atom. The Labute approximate surface area is 130 Å². The van der Waals surface area contributed by atoms with Crippen LogP contribution < -0.4 is 10.0 Å². The van der Waals surface area contributed by atoms with Gasteiger partial charge in [-0.1, -0.05) is 13.0 Å². The molecule has 1 heterocycles. The van der Waals surface area contributed by atoms with Crippen LogP contribution in [0.2, 0.25) is 0 Å². The summed E-state index contributed by atoms with van der Waals surface area (Å²) in [6.07, 6.45) is 1.03. The van der Waals surface area contributed by atoms with E-state index in [1.54, 1.807) is 35.6 Å². The van der Waals surface area contributed by atoms with Crippen molar-refractivity contribution in [3.8, 4) is 0 Å². The van der Waals surface area contributed by atoms with Crippen LogP contribution in [0.5, 0.6) is 0 Å². The molecule has 2 rings (SSSR count). The van der Waals surface area contributed by atoms with Gasteiger partial charge in [-0.15, -0.1) is 11.3 Å². The van der Waals surface area contributed by atoms with E-state index in [-0.39, 0.29) is 10.9 Å². The smallest absolute Gasteiger partial charge is 0.241 e. The molecule has 21 heavy (non-hydrogen) atoms. The lowest BCUT2D eigenvalue weighted by Crippen LogP contribution is -2.26. The summed E-state index contributed by atoms with van der Waals surface area (Å²) in [5, 5.41) is 5.16. The van der Waals surface area contributed by atoms with Gasteiger partial charge in [-0.05, 0) is 49.1 Å². The quantitative estimate of drug-likeness (QED) is 0.818. The lowest BCUT2D eigenvalue weighted by Gasteiger charge is -2.13. The van der Waals surface area contributed by atoms with Crippen molar-refractivity contribution in [1.82, 2.24) is 4.72 Å². The average molecular weight is 324 g/mol. The molecule has 0 aliphatic rings. The fraction of sp³-hybridized carbons (Fsp3) is 0.333. The Kier molecular flexibility index (Phi) is 5.39. The number of benzene rings is 1. The van der Waals surface area contributed by atoms with Crippen LogP contribution in [0.25, 0.3) is 0 Å². The summed E-state index contributed by atoms with van der Waals surface area (Å²) in [4.78, 5) is 1.28. The summed E-state index contributed by atoms with van der Waals surface area (Å²) < 4.78 is 27.4. The van der Waals surface area contributed by atoms with E-state index < -0.39 is 10.0 Å². The van der Waals surface area contributed by atoms with Gasteiger partial charge in [-0.3, -0.25) is 0 Å². The third-order valence-corrected chi connectivity index (χ3v) is 5.66. The van der Waals surface area contributed by atoms with E-state index in [0.717, 1.165) is 23.5 Å². The number of thiophene rings is 1. The van der Waals surface area contributed by atoms with Gasteiger partial charge in [0.25, 0.3) is 0 Å². The molecule has 6 heteroatoms. The second kappa shape index (κ2) is 7.06. The molecule has 4 nitrogen and oxygen atoms in total. The topological polar surface area (TPSA) is 58.2 Å². The first-order valence-electron chi connectivity index (χ1n) is 6.92. The summed E-state index contributed by atoms with van der Waals surface area (Å²) in [5.74, 6) is 0. The van der Waals surface area contributed by atoms with Crippen LogP contribution in [-0.2, 0) is 10.0 Å². The van der Waals surface area contributed by atoms with Gasteiger partial charge in [0.15, 0.2) is 0 Å². The molecule has 0 saturated heterocycles. The van der Waals surface area contributed by atoms with Gasteiger partial charge in [0.2, 0.25) is 10.0 Å². The van der Waals surface area contributed by atoms with E-state index in [9.17, 15) is 8.42 Å². The number of anilines is 1. The SMILES string of the molecule is CCCNc1ccc(S(=O)(=O)NC(C)c2cccs2)cc1. The molecule has 0 spiro atoms. The van der Waals surface area contributed by atoms with Crippen molar-refractivity contribution in [1.29, 1.82) is 0 Å². The van der Waals surface area contributed by atoms with Gasteiger partial charge >= 0.3 is 0 Å².